The van der Waals surface area contributed by atoms with Crippen molar-refractivity contribution in [1.29, 1.82) is 0 Å². The van der Waals surface area contributed by atoms with Crippen molar-refractivity contribution >= 4 is 21.9 Å². The van der Waals surface area contributed by atoms with Crippen molar-refractivity contribution < 1.29 is 9.52 Å². The SMILES string of the molecule is Cc1cc(-c2cccc3c2oc2c(-c4ccccc4)cccc23)cc(-c2cccc(-c3cc(-c4cc(C(C)(C)C)cc(C(C)(C)C)c4)cc(-c4ccccc4O)n3)c2)n1. The number of pyridine rings is 2. The molecule has 3 aromatic heterocycles. The van der Waals surface area contributed by atoms with Crippen molar-refractivity contribution in [3.8, 4) is 72.9 Å². The van der Waals surface area contributed by atoms with E-state index in [0.717, 1.165) is 83.5 Å². The van der Waals surface area contributed by atoms with Crippen LogP contribution in [0.15, 0.2) is 162 Å². The van der Waals surface area contributed by atoms with Crippen LogP contribution in [0.2, 0.25) is 0 Å². The lowest BCUT2D eigenvalue weighted by atomic mass is 9.79. The van der Waals surface area contributed by atoms with E-state index in [9.17, 15) is 5.11 Å². The number of phenols is 1. The molecule has 0 spiro atoms. The first-order valence-corrected chi connectivity index (χ1v) is 20.4. The maximum absolute atomic E-state index is 11.0. The number of hydrogen-bond acceptors (Lipinski definition) is 4. The Bertz CT molecular complexity index is 3000. The average molecular weight is 769 g/mol. The molecule has 0 bridgehead atoms. The molecule has 0 saturated carbocycles. The first kappa shape index (κ1) is 37.8. The van der Waals surface area contributed by atoms with Gasteiger partial charge in [-0.3, -0.25) is 4.98 Å². The van der Waals surface area contributed by atoms with E-state index in [1.54, 1.807) is 6.07 Å². The van der Waals surface area contributed by atoms with E-state index < -0.39 is 0 Å². The second-order valence-electron chi connectivity index (χ2n) is 17.7. The lowest BCUT2D eigenvalue weighted by molar-refractivity contribution is 0.477. The Morgan fingerprint density at radius 1 is 0.407 bits per heavy atom. The van der Waals surface area contributed by atoms with E-state index in [0.29, 0.717) is 11.3 Å². The first-order chi connectivity index (χ1) is 28.3. The van der Waals surface area contributed by atoms with Crippen molar-refractivity contribution in [3.63, 3.8) is 0 Å². The number of fused-ring (bicyclic) bond motifs is 3. The van der Waals surface area contributed by atoms with Crippen molar-refractivity contribution in [2.75, 3.05) is 0 Å². The fraction of sp³-hybridized carbons (Fsp3) is 0.164. The van der Waals surface area contributed by atoms with Crippen LogP contribution < -0.4 is 0 Å². The Labute approximate surface area is 346 Å². The molecule has 9 rings (SSSR count). The van der Waals surface area contributed by atoms with Gasteiger partial charge in [-0.2, -0.15) is 0 Å². The van der Waals surface area contributed by atoms with Crippen LogP contribution in [0.3, 0.4) is 0 Å². The number of para-hydroxylation sites is 3. The predicted octanol–water partition coefficient (Wildman–Crippen LogP) is 15.0. The number of aromatic hydroxyl groups is 1. The fourth-order valence-corrected chi connectivity index (χ4v) is 8.04. The van der Waals surface area contributed by atoms with Crippen LogP contribution in [0.4, 0.5) is 0 Å². The Kier molecular flexibility index (Phi) is 9.32. The molecule has 1 N–H and O–H groups in total. The summed E-state index contributed by atoms with van der Waals surface area (Å²) in [5.74, 6) is 0.197. The lowest BCUT2D eigenvalue weighted by Crippen LogP contribution is -2.16. The van der Waals surface area contributed by atoms with E-state index >= 15 is 0 Å². The molecule has 9 aromatic rings. The largest absolute Gasteiger partial charge is 0.507 e. The highest BCUT2D eigenvalue weighted by molar-refractivity contribution is 6.13. The van der Waals surface area contributed by atoms with Gasteiger partial charge >= 0.3 is 0 Å². The third-order valence-electron chi connectivity index (χ3n) is 11.3. The number of benzene rings is 6. The molecule has 0 aliphatic carbocycles. The minimum Gasteiger partial charge on any atom is -0.507 e. The number of furan rings is 1. The number of aromatic nitrogens is 2. The van der Waals surface area contributed by atoms with Gasteiger partial charge in [-0.25, -0.2) is 4.98 Å². The van der Waals surface area contributed by atoms with Gasteiger partial charge in [0, 0.05) is 44.3 Å². The zero-order chi connectivity index (χ0) is 41.1. The van der Waals surface area contributed by atoms with Gasteiger partial charge in [0.2, 0.25) is 0 Å². The Morgan fingerprint density at radius 2 is 0.898 bits per heavy atom. The van der Waals surface area contributed by atoms with Crippen LogP contribution in [0.5, 0.6) is 5.75 Å². The highest BCUT2D eigenvalue weighted by atomic mass is 16.3. The number of phenolic OH excluding ortho intramolecular Hbond substituents is 1. The summed E-state index contributed by atoms with van der Waals surface area (Å²) in [5.41, 5.74) is 16.6. The normalized spacial score (nSPS) is 12.1. The zero-order valence-electron chi connectivity index (χ0n) is 34.8. The van der Waals surface area contributed by atoms with Gasteiger partial charge in [0.05, 0.1) is 17.1 Å². The third-order valence-corrected chi connectivity index (χ3v) is 11.3. The summed E-state index contributed by atoms with van der Waals surface area (Å²) in [6, 6.07) is 54.6. The third kappa shape index (κ3) is 7.32. The molecule has 3 heterocycles. The summed E-state index contributed by atoms with van der Waals surface area (Å²) < 4.78 is 6.79. The zero-order valence-corrected chi connectivity index (χ0v) is 34.8. The van der Waals surface area contributed by atoms with Gasteiger partial charge in [0.1, 0.15) is 16.9 Å². The molecule has 4 heteroatoms. The quantitative estimate of drug-likeness (QED) is 0.183. The van der Waals surface area contributed by atoms with Crippen LogP contribution in [0.1, 0.15) is 58.4 Å². The summed E-state index contributed by atoms with van der Waals surface area (Å²) >= 11 is 0. The monoisotopic (exact) mass is 768 g/mol. The fourth-order valence-electron chi connectivity index (χ4n) is 8.04. The number of nitrogens with zero attached hydrogens (tertiary/aromatic N) is 2. The minimum absolute atomic E-state index is 0.0402. The molecule has 0 aliphatic rings. The Morgan fingerprint density at radius 3 is 1.53 bits per heavy atom. The molecule has 0 aliphatic heterocycles. The smallest absolute Gasteiger partial charge is 0.143 e. The summed E-state index contributed by atoms with van der Waals surface area (Å²) in [7, 11) is 0. The molecule has 0 radical (unpaired) electrons. The highest BCUT2D eigenvalue weighted by Gasteiger charge is 2.22. The molecule has 4 nitrogen and oxygen atoms in total. The molecular formula is C55H48N2O2. The van der Waals surface area contributed by atoms with Gasteiger partial charge in [0.25, 0.3) is 0 Å². The molecule has 0 unspecified atom stereocenters. The Balaban J connectivity index is 1.17. The first-order valence-electron chi connectivity index (χ1n) is 20.4. The summed E-state index contributed by atoms with van der Waals surface area (Å²) in [4.78, 5) is 10.3. The molecule has 290 valence electrons. The highest BCUT2D eigenvalue weighted by Crippen LogP contribution is 2.42. The van der Waals surface area contributed by atoms with E-state index in [2.05, 4.69) is 169 Å². The summed E-state index contributed by atoms with van der Waals surface area (Å²) in [6.07, 6.45) is 0. The predicted molar refractivity (Wildman–Crippen MR) is 246 cm³/mol. The van der Waals surface area contributed by atoms with Crippen LogP contribution in [0, 0.1) is 6.92 Å². The molecule has 0 fully saturated rings. The number of rotatable bonds is 6. The molecule has 59 heavy (non-hydrogen) atoms. The molecule has 6 aromatic carbocycles. The maximum atomic E-state index is 11.0. The van der Waals surface area contributed by atoms with Gasteiger partial charge in [-0.15, -0.1) is 0 Å². The minimum atomic E-state index is -0.0402. The number of aryl methyl sites for hydroxylation is 1. The van der Waals surface area contributed by atoms with E-state index in [1.165, 1.54) is 11.1 Å². The Hall–Kier alpha value is -6.78. The van der Waals surface area contributed by atoms with Gasteiger partial charge in [-0.1, -0.05) is 157 Å². The van der Waals surface area contributed by atoms with Crippen LogP contribution >= 0.6 is 0 Å². The topological polar surface area (TPSA) is 59.2 Å². The van der Waals surface area contributed by atoms with E-state index in [4.69, 9.17) is 14.4 Å². The van der Waals surface area contributed by atoms with Gasteiger partial charge in [-0.05, 0) is 93.6 Å². The second kappa shape index (κ2) is 14.6. The average Bonchev–Trinajstić information content (AvgIpc) is 3.62. The van der Waals surface area contributed by atoms with Crippen LogP contribution in [-0.4, -0.2) is 15.1 Å². The van der Waals surface area contributed by atoms with Crippen molar-refractivity contribution in [2.45, 2.75) is 59.3 Å². The number of hydrogen-bond donors (Lipinski definition) is 1. The van der Waals surface area contributed by atoms with Gasteiger partial charge < -0.3 is 9.52 Å². The maximum Gasteiger partial charge on any atom is 0.143 e. The van der Waals surface area contributed by atoms with Crippen molar-refractivity contribution in [1.82, 2.24) is 9.97 Å². The molecule has 0 amide bonds. The summed E-state index contributed by atoms with van der Waals surface area (Å²) in [5, 5.41) is 13.2. The second-order valence-corrected chi connectivity index (χ2v) is 17.7. The van der Waals surface area contributed by atoms with Crippen LogP contribution in [0.25, 0.3) is 89.1 Å². The molecule has 0 saturated heterocycles. The van der Waals surface area contributed by atoms with Crippen molar-refractivity contribution in [2.24, 2.45) is 0 Å². The summed E-state index contributed by atoms with van der Waals surface area (Å²) in [6.45, 7) is 15.6. The van der Waals surface area contributed by atoms with E-state index in [1.807, 2.05) is 31.2 Å². The van der Waals surface area contributed by atoms with Gasteiger partial charge in [0.15, 0.2) is 0 Å². The van der Waals surface area contributed by atoms with Crippen LogP contribution in [-0.2, 0) is 10.8 Å². The van der Waals surface area contributed by atoms with Crippen molar-refractivity contribution in [3.05, 3.63) is 175 Å². The molecule has 0 atom stereocenters. The standard InChI is InChI=1S/C55H48N2O2/c1-34-26-40(44-22-15-24-46-45-23-14-21-43(52(45)59-53(44)46)35-16-9-8-10-17-35)32-48(56-34)36-18-13-19-37(27-36)49-30-39(31-50(57-49)47-20-11-12-25-51(47)58)38-28-41(54(2,3)4)33-42(29-38)55(5,6)7/h8-33,58H,1-7H3. The lowest BCUT2D eigenvalue weighted by Gasteiger charge is -2.26. The van der Waals surface area contributed by atoms with E-state index in [-0.39, 0.29) is 16.6 Å². The molecular weight excluding hydrogens is 721 g/mol.